The van der Waals surface area contributed by atoms with E-state index in [2.05, 4.69) is 202 Å². The molecular weight excluding hydrogens is 913 g/mol. The van der Waals surface area contributed by atoms with Gasteiger partial charge >= 0.3 is 0 Å². The lowest BCUT2D eigenvalue weighted by molar-refractivity contribution is 1.08. The van der Waals surface area contributed by atoms with Gasteiger partial charge in [-0.1, -0.05) is 137 Å². The first-order chi connectivity index (χ1) is 34.2. The maximum absolute atomic E-state index is 4.95. The van der Waals surface area contributed by atoms with Gasteiger partial charge in [-0.3, -0.25) is 9.13 Å². The summed E-state index contributed by atoms with van der Waals surface area (Å²) >= 11 is 3.48. The van der Waals surface area contributed by atoms with Crippen LogP contribution in [0.2, 0.25) is 0 Å². The molecular formula is C60H41BrN8. The van der Waals surface area contributed by atoms with Crippen molar-refractivity contribution in [2.75, 3.05) is 0 Å². The fourth-order valence-corrected chi connectivity index (χ4v) is 9.48. The Kier molecular flexibility index (Phi) is 10.9. The summed E-state index contributed by atoms with van der Waals surface area (Å²) in [6.45, 7) is 0. The zero-order valence-electron chi connectivity index (χ0n) is 37.1. The molecule has 69 heavy (non-hydrogen) atoms. The van der Waals surface area contributed by atoms with Crippen LogP contribution in [0.4, 0.5) is 0 Å². The topological polar surface area (TPSA) is 82.1 Å². The van der Waals surface area contributed by atoms with E-state index in [0.29, 0.717) is 0 Å². The van der Waals surface area contributed by atoms with Crippen molar-refractivity contribution in [3.05, 3.63) is 247 Å². The predicted octanol–water partition coefficient (Wildman–Crippen LogP) is 15.4. The first-order valence-corrected chi connectivity index (χ1v) is 23.5. The molecule has 0 fully saturated rings. The second kappa shape index (κ2) is 18.0. The number of para-hydroxylation sites is 6. The Morgan fingerprint density at radius 3 is 1.20 bits per heavy atom. The van der Waals surface area contributed by atoms with Crippen molar-refractivity contribution in [1.82, 2.24) is 38.6 Å². The van der Waals surface area contributed by atoms with Crippen molar-refractivity contribution in [2.45, 2.75) is 0 Å². The average molecular weight is 954 g/mol. The molecule has 6 aromatic heterocycles. The number of rotatable bonds is 5. The van der Waals surface area contributed by atoms with Crippen LogP contribution in [0, 0.1) is 0 Å². The maximum atomic E-state index is 4.95. The molecule has 8 aromatic carbocycles. The zero-order valence-corrected chi connectivity index (χ0v) is 38.7. The Hall–Kier alpha value is -8.92. The van der Waals surface area contributed by atoms with E-state index < -0.39 is 0 Å². The number of halogens is 1. The lowest BCUT2D eigenvalue weighted by atomic mass is 10.1. The molecule has 0 aliphatic carbocycles. The first-order valence-electron chi connectivity index (χ1n) is 22.7. The Morgan fingerprint density at radius 2 is 0.725 bits per heavy atom. The summed E-state index contributed by atoms with van der Waals surface area (Å²) < 4.78 is 7.61. The third kappa shape index (κ3) is 7.80. The van der Waals surface area contributed by atoms with E-state index in [4.69, 9.17) is 9.97 Å². The van der Waals surface area contributed by atoms with Crippen molar-refractivity contribution in [3.63, 3.8) is 0 Å². The number of pyridine rings is 2. The van der Waals surface area contributed by atoms with Crippen molar-refractivity contribution < 1.29 is 0 Å². The van der Waals surface area contributed by atoms with Gasteiger partial charge in [-0.2, -0.15) is 0 Å². The molecule has 0 unspecified atom stereocenters. The van der Waals surface area contributed by atoms with Gasteiger partial charge in [0.25, 0.3) is 0 Å². The monoisotopic (exact) mass is 952 g/mol. The molecule has 8 nitrogen and oxygen atoms in total. The molecule has 0 aliphatic heterocycles. The highest BCUT2D eigenvalue weighted by Crippen LogP contribution is 2.34. The number of aromatic amines is 1. The van der Waals surface area contributed by atoms with Gasteiger partial charge in [0.05, 0.1) is 11.0 Å². The number of benzene rings is 8. The van der Waals surface area contributed by atoms with Crippen LogP contribution < -0.4 is 0 Å². The number of nitrogens with zero attached hydrogens (tertiary/aromatic N) is 7. The second-order valence-electron chi connectivity index (χ2n) is 16.5. The Labute approximate surface area is 405 Å². The van der Waals surface area contributed by atoms with Gasteiger partial charge in [0.1, 0.15) is 22.7 Å². The summed E-state index contributed by atoms with van der Waals surface area (Å²) in [5.41, 5.74) is 13.7. The fraction of sp³-hybridized carbons (Fsp3) is 0. The minimum atomic E-state index is 0.857. The summed E-state index contributed by atoms with van der Waals surface area (Å²) in [5, 5.41) is 5.13. The zero-order chi connectivity index (χ0) is 46.1. The Bertz CT molecular complexity index is 3970. The highest BCUT2D eigenvalue weighted by molar-refractivity contribution is 9.10. The highest BCUT2D eigenvalue weighted by atomic mass is 79.9. The highest BCUT2D eigenvalue weighted by Gasteiger charge is 2.18. The molecule has 0 atom stereocenters. The van der Waals surface area contributed by atoms with Gasteiger partial charge < -0.3 is 9.55 Å². The summed E-state index contributed by atoms with van der Waals surface area (Å²) in [7, 11) is 0. The van der Waals surface area contributed by atoms with E-state index in [1.807, 2.05) is 79.0 Å². The fourth-order valence-electron chi connectivity index (χ4n) is 9.21. The van der Waals surface area contributed by atoms with E-state index in [1.165, 1.54) is 43.6 Å². The Morgan fingerprint density at radius 1 is 0.333 bits per heavy atom. The molecule has 14 rings (SSSR count). The lowest BCUT2D eigenvalue weighted by Crippen LogP contribution is -1.99. The molecule has 0 aliphatic rings. The van der Waals surface area contributed by atoms with Crippen LogP contribution >= 0.6 is 15.9 Å². The van der Waals surface area contributed by atoms with Crippen LogP contribution in [0.15, 0.2) is 247 Å². The molecule has 9 heteroatoms. The molecule has 328 valence electrons. The normalized spacial score (nSPS) is 11.3. The van der Waals surface area contributed by atoms with Crippen LogP contribution in [0.1, 0.15) is 0 Å². The van der Waals surface area contributed by atoms with E-state index in [1.54, 1.807) is 6.20 Å². The quantitative estimate of drug-likeness (QED) is 0.186. The van der Waals surface area contributed by atoms with E-state index in [-0.39, 0.29) is 0 Å². The van der Waals surface area contributed by atoms with Crippen molar-refractivity contribution in [3.8, 4) is 39.8 Å². The molecule has 6 heterocycles. The molecule has 0 bridgehead atoms. The molecule has 0 saturated heterocycles. The smallest absolute Gasteiger partial charge is 0.164 e. The molecule has 1 N–H and O–H groups in total. The average Bonchev–Trinajstić information content (AvgIpc) is 4.19. The summed E-state index contributed by atoms with van der Waals surface area (Å²) in [4.78, 5) is 22.2. The van der Waals surface area contributed by atoms with Gasteiger partial charge in [-0.25, -0.2) is 19.9 Å². The summed E-state index contributed by atoms with van der Waals surface area (Å²) in [6.07, 6.45) is 3.62. The van der Waals surface area contributed by atoms with Crippen LogP contribution in [-0.4, -0.2) is 38.6 Å². The molecule has 0 spiro atoms. The lowest BCUT2D eigenvalue weighted by Gasteiger charge is -2.11. The van der Waals surface area contributed by atoms with Crippen LogP contribution in [0.25, 0.3) is 106 Å². The van der Waals surface area contributed by atoms with E-state index in [9.17, 15) is 0 Å². The molecule has 14 aromatic rings. The second-order valence-corrected chi connectivity index (χ2v) is 17.5. The SMILES string of the molecule is Brc1ccc(-c2nc3cccnc3n2-c2ccccc2)cc1.c1ccc(-n2c(-c3ccc(-n4c5ccccc5c5ccccc54)cc3)nc3cccnc32)cc1.c1ccc2c(c1)[nH]c1ccccc12. The molecule has 0 amide bonds. The van der Waals surface area contributed by atoms with Gasteiger partial charge in [0, 0.05) is 77.6 Å². The number of aromatic nitrogens is 8. The van der Waals surface area contributed by atoms with Crippen molar-refractivity contribution in [2.24, 2.45) is 0 Å². The largest absolute Gasteiger partial charge is 0.355 e. The summed E-state index contributed by atoms with van der Waals surface area (Å²) in [6, 6.07) is 79.1. The number of hydrogen-bond acceptors (Lipinski definition) is 4. The third-order valence-electron chi connectivity index (χ3n) is 12.3. The van der Waals surface area contributed by atoms with Gasteiger partial charge in [0.2, 0.25) is 0 Å². The summed E-state index contributed by atoms with van der Waals surface area (Å²) in [5.74, 6) is 1.78. The van der Waals surface area contributed by atoms with Crippen LogP contribution in [0.3, 0.4) is 0 Å². The van der Waals surface area contributed by atoms with Crippen molar-refractivity contribution in [1.29, 1.82) is 0 Å². The van der Waals surface area contributed by atoms with Crippen LogP contribution in [0.5, 0.6) is 0 Å². The van der Waals surface area contributed by atoms with E-state index >= 15 is 0 Å². The van der Waals surface area contributed by atoms with E-state index in [0.717, 1.165) is 66.6 Å². The van der Waals surface area contributed by atoms with Crippen molar-refractivity contribution >= 4 is 81.9 Å². The third-order valence-corrected chi connectivity index (χ3v) is 12.9. The maximum Gasteiger partial charge on any atom is 0.164 e. The number of imidazole rings is 2. The minimum Gasteiger partial charge on any atom is -0.355 e. The predicted molar refractivity (Wildman–Crippen MR) is 286 cm³/mol. The van der Waals surface area contributed by atoms with Crippen LogP contribution in [-0.2, 0) is 0 Å². The minimum absolute atomic E-state index is 0.857. The number of fused-ring (bicyclic) bond motifs is 8. The number of nitrogens with one attached hydrogen (secondary N) is 1. The molecule has 0 saturated carbocycles. The standard InChI is InChI=1S/C30H20N4.C18H12BrN3.C12H9N/c1-2-9-22(10-3-1)34-29(32-26-13-8-20-31-30(26)34)21-16-18-23(19-17-21)33-27-14-6-4-11-24(27)25-12-5-7-15-28(25)33;19-14-10-8-13(9-11-14)17-21-16-7-4-12-20-18(16)22(17)15-5-2-1-3-6-15;1-3-7-11-9(5-1)10-6-2-4-8-12(10)13-11/h1-20H;1-12H;1-8,13H. The number of H-pyrrole nitrogens is 1. The van der Waals surface area contributed by atoms with Gasteiger partial charge in [-0.15, -0.1) is 0 Å². The number of hydrogen-bond donors (Lipinski definition) is 1. The Balaban J connectivity index is 0.000000120. The first kappa shape index (κ1) is 41.5. The van der Waals surface area contributed by atoms with Gasteiger partial charge in [0.15, 0.2) is 11.3 Å². The molecule has 0 radical (unpaired) electrons. The van der Waals surface area contributed by atoms with Gasteiger partial charge in [-0.05, 0) is 109 Å².